The highest BCUT2D eigenvalue weighted by Gasteiger charge is 2.38. The number of hydrogen-bond donors (Lipinski definition) is 2. The van der Waals surface area contributed by atoms with Crippen LogP contribution in [0, 0.1) is 5.92 Å². The zero-order chi connectivity index (χ0) is 13.4. The normalized spacial score (nSPS) is 12.1. The Morgan fingerprint density at radius 3 is 2.00 bits per heavy atom. The topological polar surface area (TPSA) is 89.6 Å². The molecule has 0 saturated heterocycles. The molecule has 0 aromatic heterocycles. The Hall–Kier alpha value is -1.31. The first-order chi connectivity index (χ1) is 7.16. The molecular formula is C8H14F3NO4. The fourth-order valence-electron chi connectivity index (χ4n) is 0.381. The Morgan fingerprint density at radius 1 is 1.44 bits per heavy atom. The van der Waals surface area contributed by atoms with Gasteiger partial charge in [-0.25, -0.2) is 4.79 Å². The van der Waals surface area contributed by atoms with E-state index in [1.165, 1.54) is 0 Å². The number of aliphatic carboxylic acids is 1. The van der Waals surface area contributed by atoms with Crippen molar-refractivity contribution >= 4 is 11.9 Å². The smallest absolute Gasteiger partial charge is 0.475 e. The largest absolute Gasteiger partial charge is 0.490 e. The Bertz CT molecular complexity index is 230. The maximum absolute atomic E-state index is 10.7. The minimum atomic E-state index is -5.08. The van der Waals surface area contributed by atoms with E-state index in [-0.39, 0.29) is 11.9 Å². The van der Waals surface area contributed by atoms with Gasteiger partial charge in [0.2, 0.25) is 0 Å². The van der Waals surface area contributed by atoms with E-state index in [1.54, 1.807) is 13.8 Å². The summed E-state index contributed by atoms with van der Waals surface area (Å²) in [7, 11) is 0. The lowest BCUT2D eigenvalue weighted by molar-refractivity contribution is -0.192. The minimum absolute atomic E-state index is 0.162. The second-order valence-corrected chi connectivity index (χ2v) is 2.69. The number of ether oxygens (including phenoxy) is 1. The van der Waals surface area contributed by atoms with Crippen LogP contribution in [0.3, 0.4) is 0 Å². The molecule has 0 spiro atoms. The van der Waals surface area contributed by atoms with Crippen molar-refractivity contribution in [3.05, 3.63) is 0 Å². The Labute approximate surface area is 90.4 Å². The van der Waals surface area contributed by atoms with E-state index >= 15 is 0 Å². The van der Waals surface area contributed by atoms with Gasteiger partial charge in [-0.1, -0.05) is 6.92 Å². The van der Waals surface area contributed by atoms with Crippen LogP contribution < -0.4 is 5.73 Å². The van der Waals surface area contributed by atoms with Gasteiger partial charge in [-0.2, -0.15) is 13.2 Å². The van der Waals surface area contributed by atoms with Gasteiger partial charge in [-0.3, -0.25) is 4.79 Å². The maximum Gasteiger partial charge on any atom is 0.490 e. The van der Waals surface area contributed by atoms with E-state index < -0.39 is 12.1 Å². The molecule has 16 heavy (non-hydrogen) atoms. The van der Waals surface area contributed by atoms with Crippen molar-refractivity contribution in [2.45, 2.75) is 20.0 Å². The van der Waals surface area contributed by atoms with Crippen LogP contribution in [0.4, 0.5) is 13.2 Å². The molecule has 0 aromatic carbocycles. The first kappa shape index (κ1) is 17.1. The van der Waals surface area contributed by atoms with Gasteiger partial charge in [0.15, 0.2) is 0 Å². The van der Waals surface area contributed by atoms with E-state index in [0.29, 0.717) is 13.2 Å². The molecule has 0 radical (unpaired) electrons. The minimum Gasteiger partial charge on any atom is -0.475 e. The molecule has 0 saturated carbocycles. The van der Waals surface area contributed by atoms with Crippen molar-refractivity contribution in [2.75, 3.05) is 13.2 Å². The molecule has 0 rings (SSSR count). The summed E-state index contributed by atoms with van der Waals surface area (Å²) < 4.78 is 36.4. The van der Waals surface area contributed by atoms with Gasteiger partial charge in [0.05, 0.1) is 12.5 Å². The van der Waals surface area contributed by atoms with E-state index in [1.807, 2.05) is 0 Å². The van der Waals surface area contributed by atoms with Crippen molar-refractivity contribution in [1.29, 1.82) is 0 Å². The van der Waals surface area contributed by atoms with Crippen LogP contribution in [0.2, 0.25) is 0 Å². The Morgan fingerprint density at radius 2 is 1.81 bits per heavy atom. The molecule has 0 amide bonds. The SMILES string of the molecule is CCOC(=O)C(C)CN.O=C(O)C(F)(F)F. The lowest BCUT2D eigenvalue weighted by Gasteiger charge is -2.05. The molecule has 0 heterocycles. The van der Waals surface area contributed by atoms with Crippen LogP contribution in [0.15, 0.2) is 0 Å². The van der Waals surface area contributed by atoms with Gasteiger partial charge in [-0.15, -0.1) is 0 Å². The number of esters is 1. The van der Waals surface area contributed by atoms with Crippen molar-refractivity contribution in [2.24, 2.45) is 11.7 Å². The van der Waals surface area contributed by atoms with Crippen molar-refractivity contribution in [3.63, 3.8) is 0 Å². The fourth-order valence-corrected chi connectivity index (χ4v) is 0.381. The number of rotatable bonds is 3. The molecular weight excluding hydrogens is 231 g/mol. The van der Waals surface area contributed by atoms with Gasteiger partial charge in [-0.05, 0) is 6.92 Å². The second kappa shape index (κ2) is 7.91. The number of halogens is 3. The van der Waals surface area contributed by atoms with Gasteiger partial charge < -0.3 is 15.6 Å². The van der Waals surface area contributed by atoms with Gasteiger partial charge in [0.1, 0.15) is 0 Å². The third kappa shape index (κ3) is 9.25. The number of nitrogens with two attached hydrogens (primary N) is 1. The van der Waals surface area contributed by atoms with E-state index in [0.717, 1.165) is 0 Å². The molecule has 0 aliphatic carbocycles. The monoisotopic (exact) mass is 245 g/mol. The predicted molar refractivity (Wildman–Crippen MR) is 48.5 cm³/mol. The quantitative estimate of drug-likeness (QED) is 0.717. The van der Waals surface area contributed by atoms with Crippen LogP contribution in [-0.2, 0) is 14.3 Å². The van der Waals surface area contributed by atoms with Crippen molar-refractivity contribution in [3.8, 4) is 0 Å². The Kier molecular flexibility index (Phi) is 8.46. The lowest BCUT2D eigenvalue weighted by Crippen LogP contribution is -2.22. The van der Waals surface area contributed by atoms with Crippen LogP contribution in [0.5, 0.6) is 0 Å². The first-order valence-corrected chi connectivity index (χ1v) is 4.33. The molecule has 0 aromatic rings. The van der Waals surface area contributed by atoms with E-state index in [9.17, 15) is 18.0 Å². The summed E-state index contributed by atoms with van der Waals surface area (Å²) in [5.41, 5.74) is 5.20. The summed E-state index contributed by atoms with van der Waals surface area (Å²) in [5, 5.41) is 7.12. The van der Waals surface area contributed by atoms with Crippen LogP contribution >= 0.6 is 0 Å². The standard InChI is InChI=1S/C6H13NO2.C2HF3O2/c1-3-9-6(8)5(2)4-7;3-2(4,5)1(6)7/h5H,3-4,7H2,1-2H3;(H,6,7). The number of carbonyl (C=O) groups excluding carboxylic acids is 1. The molecule has 1 atom stereocenters. The highest BCUT2D eigenvalue weighted by Crippen LogP contribution is 2.13. The van der Waals surface area contributed by atoms with Gasteiger partial charge in [0, 0.05) is 6.54 Å². The second-order valence-electron chi connectivity index (χ2n) is 2.69. The summed E-state index contributed by atoms with van der Waals surface area (Å²) in [6, 6.07) is 0. The molecule has 5 nitrogen and oxygen atoms in total. The van der Waals surface area contributed by atoms with Crippen LogP contribution in [-0.4, -0.2) is 36.4 Å². The van der Waals surface area contributed by atoms with Crippen LogP contribution in [0.1, 0.15) is 13.8 Å². The molecule has 3 N–H and O–H groups in total. The number of alkyl halides is 3. The van der Waals surface area contributed by atoms with Gasteiger partial charge >= 0.3 is 18.1 Å². The predicted octanol–water partition coefficient (Wildman–Crippen LogP) is 0.778. The zero-order valence-electron chi connectivity index (χ0n) is 8.87. The molecule has 0 fully saturated rings. The zero-order valence-corrected chi connectivity index (χ0v) is 8.87. The average molecular weight is 245 g/mol. The summed E-state index contributed by atoms with van der Waals surface area (Å²) in [4.78, 5) is 19.6. The van der Waals surface area contributed by atoms with E-state index in [2.05, 4.69) is 4.74 Å². The molecule has 8 heteroatoms. The highest BCUT2D eigenvalue weighted by atomic mass is 19.4. The molecule has 0 aliphatic rings. The molecule has 96 valence electrons. The third-order valence-electron chi connectivity index (χ3n) is 1.29. The summed E-state index contributed by atoms with van der Waals surface area (Å²) in [6.07, 6.45) is -5.08. The highest BCUT2D eigenvalue weighted by molar-refractivity contribution is 5.73. The summed E-state index contributed by atoms with van der Waals surface area (Å²) >= 11 is 0. The Balaban J connectivity index is 0. The molecule has 0 bridgehead atoms. The maximum atomic E-state index is 10.7. The van der Waals surface area contributed by atoms with Crippen molar-refractivity contribution in [1.82, 2.24) is 0 Å². The average Bonchev–Trinajstić information content (AvgIpc) is 2.16. The third-order valence-corrected chi connectivity index (χ3v) is 1.29. The van der Waals surface area contributed by atoms with Crippen LogP contribution in [0.25, 0.3) is 0 Å². The number of carbonyl (C=O) groups is 2. The number of carboxylic acids is 1. The summed E-state index contributed by atoms with van der Waals surface area (Å²) in [5.74, 6) is -3.13. The molecule has 1 unspecified atom stereocenters. The number of hydrogen-bond acceptors (Lipinski definition) is 4. The lowest BCUT2D eigenvalue weighted by atomic mass is 10.2. The summed E-state index contributed by atoms with van der Waals surface area (Å²) in [6.45, 7) is 4.32. The fraction of sp³-hybridized carbons (Fsp3) is 0.750. The van der Waals surface area contributed by atoms with Gasteiger partial charge in [0.25, 0.3) is 0 Å². The van der Waals surface area contributed by atoms with E-state index in [4.69, 9.17) is 15.6 Å². The molecule has 0 aliphatic heterocycles. The van der Waals surface area contributed by atoms with Crippen molar-refractivity contribution < 1.29 is 32.6 Å². The number of carboxylic acid groups (broad SMARTS) is 1. The first-order valence-electron chi connectivity index (χ1n) is 4.33.